The van der Waals surface area contributed by atoms with Gasteiger partial charge in [-0.3, -0.25) is 9.59 Å². The fraction of sp³-hybridized carbons (Fsp3) is 0.529. The molecular weight excluding hydrogens is 314 g/mol. The van der Waals surface area contributed by atoms with Gasteiger partial charge in [-0.15, -0.1) is 11.6 Å². The van der Waals surface area contributed by atoms with Crippen molar-refractivity contribution < 1.29 is 9.59 Å². The molecule has 0 aliphatic rings. The van der Waals surface area contributed by atoms with Gasteiger partial charge in [-0.1, -0.05) is 6.92 Å². The monoisotopic (exact) mass is 339 g/mol. The molecular formula is C17H26ClN3O2. The van der Waals surface area contributed by atoms with E-state index in [9.17, 15) is 9.59 Å². The molecule has 0 saturated carbocycles. The molecule has 0 bridgehead atoms. The van der Waals surface area contributed by atoms with Gasteiger partial charge in [0.25, 0.3) is 5.91 Å². The van der Waals surface area contributed by atoms with E-state index in [1.807, 2.05) is 32.0 Å². The van der Waals surface area contributed by atoms with Gasteiger partial charge in [0, 0.05) is 37.9 Å². The lowest BCUT2D eigenvalue weighted by molar-refractivity contribution is -0.122. The fourth-order valence-corrected chi connectivity index (χ4v) is 2.00. The Balaban J connectivity index is 3.08. The molecule has 0 heterocycles. The van der Waals surface area contributed by atoms with Crippen molar-refractivity contribution in [1.82, 2.24) is 5.32 Å². The fourth-order valence-electron chi connectivity index (χ4n) is 1.88. The Kier molecular flexibility index (Phi) is 6.88. The topological polar surface area (TPSA) is 61.4 Å². The number of nitrogens with zero attached hydrogens (tertiary/aromatic N) is 1. The van der Waals surface area contributed by atoms with Crippen LogP contribution in [0.5, 0.6) is 0 Å². The Morgan fingerprint density at radius 3 is 2.43 bits per heavy atom. The molecule has 0 spiro atoms. The van der Waals surface area contributed by atoms with E-state index in [2.05, 4.69) is 10.6 Å². The predicted octanol–water partition coefficient (Wildman–Crippen LogP) is 3.10. The first-order chi connectivity index (χ1) is 10.7. The average molecular weight is 340 g/mol. The average Bonchev–Trinajstić information content (AvgIpc) is 2.52. The van der Waals surface area contributed by atoms with Crippen LogP contribution in [0.4, 0.5) is 11.4 Å². The Labute approximate surface area is 143 Å². The van der Waals surface area contributed by atoms with Crippen molar-refractivity contribution in [2.24, 2.45) is 5.41 Å². The number of anilines is 2. The first kappa shape index (κ1) is 19.3. The second-order valence-electron chi connectivity index (χ2n) is 6.35. The van der Waals surface area contributed by atoms with Gasteiger partial charge in [-0.05, 0) is 38.5 Å². The summed E-state index contributed by atoms with van der Waals surface area (Å²) in [6, 6.07) is 5.31. The van der Waals surface area contributed by atoms with E-state index >= 15 is 0 Å². The molecule has 0 aliphatic heterocycles. The van der Waals surface area contributed by atoms with Crippen molar-refractivity contribution in [3.05, 3.63) is 23.8 Å². The number of rotatable bonds is 7. The molecule has 128 valence electrons. The molecule has 0 atom stereocenters. The summed E-state index contributed by atoms with van der Waals surface area (Å²) in [6.45, 7) is 6.16. The second-order valence-corrected chi connectivity index (χ2v) is 6.62. The number of nitrogens with one attached hydrogen (secondary N) is 2. The Bertz CT molecular complexity index is 571. The van der Waals surface area contributed by atoms with Crippen LogP contribution in [-0.4, -0.2) is 38.3 Å². The highest BCUT2D eigenvalue weighted by molar-refractivity contribution is 6.20. The van der Waals surface area contributed by atoms with Crippen LogP contribution in [0.25, 0.3) is 0 Å². The Hall–Kier alpha value is -1.75. The van der Waals surface area contributed by atoms with Gasteiger partial charge in [0.05, 0.1) is 11.0 Å². The standard InChI is InChI=1S/C17H26ClN3O2/c1-6-9-19-15(22)13-10-12(7-8-14(13)21(4)5)20-16(23)17(2,3)11-18/h7-8,10H,6,9,11H2,1-5H3,(H,19,22)(H,20,23). The number of amides is 2. The highest BCUT2D eigenvalue weighted by Crippen LogP contribution is 2.25. The van der Waals surface area contributed by atoms with Crippen LogP contribution in [0.15, 0.2) is 18.2 Å². The molecule has 1 aromatic rings. The van der Waals surface area contributed by atoms with E-state index < -0.39 is 5.41 Å². The van der Waals surface area contributed by atoms with Gasteiger partial charge >= 0.3 is 0 Å². The maximum atomic E-state index is 12.3. The van der Waals surface area contributed by atoms with Crippen LogP contribution in [0.1, 0.15) is 37.6 Å². The number of carbonyl (C=O) groups is 2. The predicted molar refractivity (Wildman–Crippen MR) is 96.5 cm³/mol. The van der Waals surface area contributed by atoms with Crippen LogP contribution >= 0.6 is 11.6 Å². The van der Waals surface area contributed by atoms with Crippen molar-refractivity contribution in [3.63, 3.8) is 0 Å². The zero-order valence-corrected chi connectivity index (χ0v) is 15.3. The lowest BCUT2D eigenvalue weighted by atomic mass is 9.95. The summed E-state index contributed by atoms with van der Waals surface area (Å²) in [7, 11) is 3.75. The van der Waals surface area contributed by atoms with Crippen LogP contribution < -0.4 is 15.5 Å². The molecule has 23 heavy (non-hydrogen) atoms. The smallest absolute Gasteiger partial charge is 0.253 e. The summed E-state index contributed by atoms with van der Waals surface area (Å²) >= 11 is 5.83. The van der Waals surface area contributed by atoms with Crippen molar-refractivity contribution in [1.29, 1.82) is 0 Å². The van der Waals surface area contributed by atoms with E-state index in [1.165, 1.54) is 0 Å². The number of alkyl halides is 1. The summed E-state index contributed by atoms with van der Waals surface area (Å²) in [5, 5.41) is 5.70. The first-order valence-corrected chi connectivity index (χ1v) is 8.23. The van der Waals surface area contributed by atoms with Gasteiger partial charge in [0.1, 0.15) is 0 Å². The third kappa shape index (κ3) is 5.13. The molecule has 0 aromatic heterocycles. The minimum Gasteiger partial charge on any atom is -0.377 e. The second kappa shape index (κ2) is 8.20. The molecule has 0 saturated heterocycles. The molecule has 1 aromatic carbocycles. The van der Waals surface area contributed by atoms with E-state index in [1.54, 1.807) is 26.0 Å². The summed E-state index contributed by atoms with van der Waals surface area (Å²) in [6.07, 6.45) is 0.864. The van der Waals surface area contributed by atoms with Crippen molar-refractivity contribution in [2.45, 2.75) is 27.2 Å². The largest absolute Gasteiger partial charge is 0.377 e. The third-order valence-corrected chi connectivity index (χ3v) is 4.13. The maximum absolute atomic E-state index is 12.3. The molecule has 1 rings (SSSR count). The molecule has 0 radical (unpaired) electrons. The van der Waals surface area contributed by atoms with E-state index in [0.29, 0.717) is 17.8 Å². The first-order valence-electron chi connectivity index (χ1n) is 7.70. The van der Waals surface area contributed by atoms with Crippen molar-refractivity contribution >= 4 is 34.8 Å². The van der Waals surface area contributed by atoms with Gasteiger partial charge in [0.2, 0.25) is 5.91 Å². The number of hydrogen-bond donors (Lipinski definition) is 2. The van der Waals surface area contributed by atoms with Crippen LogP contribution in [-0.2, 0) is 4.79 Å². The Morgan fingerprint density at radius 2 is 1.91 bits per heavy atom. The molecule has 5 nitrogen and oxygen atoms in total. The van der Waals surface area contributed by atoms with E-state index in [0.717, 1.165) is 12.1 Å². The summed E-state index contributed by atoms with van der Waals surface area (Å²) in [5.41, 5.74) is 1.24. The Morgan fingerprint density at radius 1 is 1.26 bits per heavy atom. The molecule has 0 unspecified atom stereocenters. The SMILES string of the molecule is CCCNC(=O)c1cc(NC(=O)C(C)(C)CCl)ccc1N(C)C. The van der Waals surface area contributed by atoms with Crippen molar-refractivity contribution in [2.75, 3.05) is 36.7 Å². The molecule has 6 heteroatoms. The quantitative estimate of drug-likeness (QED) is 0.750. The van der Waals surface area contributed by atoms with Crippen LogP contribution in [0.3, 0.4) is 0 Å². The van der Waals surface area contributed by atoms with Crippen LogP contribution in [0.2, 0.25) is 0 Å². The lowest BCUT2D eigenvalue weighted by Crippen LogP contribution is -2.32. The highest BCUT2D eigenvalue weighted by atomic mass is 35.5. The molecule has 0 aliphatic carbocycles. The number of halogens is 1. The zero-order valence-electron chi connectivity index (χ0n) is 14.5. The highest BCUT2D eigenvalue weighted by Gasteiger charge is 2.26. The number of benzene rings is 1. The van der Waals surface area contributed by atoms with Gasteiger partial charge in [-0.2, -0.15) is 0 Å². The number of hydrogen-bond acceptors (Lipinski definition) is 3. The number of carbonyl (C=O) groups excluding carboxylic acids is 2. The van der Waals surface area contributed by atoms with Gasteiger partial charge < -0.3 is 15.5 Å². The molecule has 2 amide bonds. The zero-order chi connectivity index (χ0) is 17.6. The summed E-state index contributed by atoms with van der Waals surface area (Å²) in [5.74, 6) is -0.105. The lowest BCUT2D eigenvalue weighted by Gasteiger charge is -2.22. The third-order valence-electron chi connectivity index (χ3n) is 3.47. The maximum Gasteiger partial charge on any atom is 0.253 e. The van der Waals surface area contributed by atoms with Gasteiger partial charge in [0.15, 0.2) is 0 Å². The van der Waals surface area contributed by atoms with Crippen molar-refractivity contribution in [3.8, 4) is 0 Å². The normalized spacial score (nSPS) is 11.0. The van der Waals surface area contributed by atoms with E-state index in [-0.39, 0.29) is 17.7 Å². The minimum atomic E-state index is -0.674. The molecule has 0 fully saturated rings. The summed E-state index contributed by atoms with van der Waals surface area (Å²) < 4.78 is 0. The summed E-state index contributed by atoms with van der Waals surface area (Å²) in [4.78, 5) is 26.4. The van der Waals surface area contributed by atoms with Gasteiger partial charge in [-0.25, -0.2) is 0 Å². The molecule has 2 N–H and O–H groups in total. The minimum absolute atomic E-state index is 0.150. The van der Waals surface area contributed by atoms with Crippen LogP contribution in [0, 0.1) is 5.41 Å². The van der Waals surface area contributed by atoms with E-state index in [4.69, 9.17) is 11.6 Å².